The number of nitrogens with one attached hydrogen (secondary N) is 1. The summed E-state index contributed by atoms with van der Waals surface area (Å²) in [5.74, 6) is 1.35. The first-order valence-electron chi connectivity index (χ1n) is 8.91. The third-order valence-corrected chi connectivity index (χ3v) is 4.80. The predicted octanol–water partition coefficient (Wildman–Crippen LogP) is 3.21. The lowest BCUT2D eigenvalue weighted by atomic mass is 10.1. The van der Waals surface area contributed by atoms with Crippen molar-refractivity contribution in [1.29, 1.82) is 0 Å². The van der Waals surface area contributed by atoms with Crippen LogP contribution < -0.4 is 20.3 Å². The second-order valence-corrected chi connectivity index (χ2v) is 6.40. The molecule has 148 valence electrons. The van der Waals surface area contributed by atoms with Crippen LogP contribution >= 0.6 is 0 Å². The van der Waals surface area contributed by atoms with E-state index in [-0.39, 0.29) is 17.2 Å². The number of aryl methyl sites for hydroxylation is 2. The quantitative estimate of drug-likeness (QED) is 0.700. The number of aromatic nitrogens is 2. The Morgan fingerprint density at radius 1 is 1.29 bits per heavy atom. The number of amides is 1. The Morgan fingerprint density at radius 3 is 2.68 bits per heavy atom. The van der Waals surface area contributed by atoms with Crippen LogP contribution in [0.4, 0.5) is 5.69 Å². The largest absolute Gasteiger partial charge is 0.497 e. The maximum absolute atomic E-state index is 13.0. The normalized spacial score (nSPS) is 12.0. The molecule has 0 fully saturated rings. The molecule has 0 aliphatic rings. The van der Waals surface area contributed by atoms with E-state index in [0.717, 1.165) is 5.56 Å². The van der Waals surface area contributed by atoms with E-state index in [1.807, 2.05) is 6.92 Å². The van der Waals surface area contributed by atoms with Crippen molar-refractivity contribution in [1.82, 2.24) is 9.55 Å². The van der Waals surface area contributed by atoms with Crippen molar-refractivity contribution in [3.63, 3.8) is 0 Å². The van der Waals surface area contributed by atoms with Gasteiger partial charge >= 0.3 is 0 Å². The first-order valence-corrected chi connectivity index (χ1v) is 8.91. The van der Waals surface area contributed by atoms with Crippen molar-refractivity contribution < 1.29 is 18.7 Å². The van der Waals surface area contributed by atoms with Gasteiger partial charge in [0.15, 0.2) is 0 Å². The molecular formula is C20H23N3O5. The van der Waals surface area contributed by atoms with Crippen LogP contribution in [0.3, 0.4) is 0 Å². The fraction of sp³-hybridized carbons (Fsp3) is 0.350. The number of furan rings is 1. The number of hydrogen-bond donors (Lipinski definition) is 1. The van der Waals surface area contributed by atoms with Gasteiger partial charge < -0.3 is 19.2 Å². The Bertz CT molecular complexity index is 1080. The van der Waals surface area contributed by atoms with Gasteiger partial charge in [0.25, 0.3) is 5.56 Å². The molecule has 3 rings (SSSR count). The average Bonchev–Trinajstić information content (AvgIpc) is 2.98. The molecular weight excluding hydrogens is 362 g/mol. The van der Waals surface area contributed by atoms with Crippen molar-refractivity contribution in [2.24, 2.45) is 0 Å². The zero-order valence-corrected chi connectivity index (χ0v) is 16.5. The van der Waals surface area contributed by atoms with Crippen molar-refractivity contribution in [2.75, 3.05) is 19.5 Å². The summed E-state index contributed by atoms with van der Waals surface area (Å²) in [6.45, 7) is 5.41. The molecule has 0 saturated heterocycles. The van der Waals surface area contributed by atoms with Gasteiger partial charge in [-0.2, -0.15) is 0 Å². The topological polar surface area (TPSA) is 95.6 Å². The van der Waals surface area contributed by atoms with E-state index < -0.39 is 6.04 Å². The third kappa shape index (κ3) is 3.33. The minimum Gasteiger partial charge on any atom is -0.497 e. The highest BCUT2D eigenvalue weighted by molar-refractivity contribution is 5.95. The van der Waals surface area contributed by atoms with E-state index in [9.17, 15) is 9.59 Å². The molecule has 3 aromatic rings. The van der Waals surface area contributed by atoms with Gasteiger partial charge in [-0.1, -0.05) is 6.92 Å². The number of carbonyl (C=O) groups is 1. The lowest BCUT2D eigenvalue weighted by molar-refractivity contribution is -0.119. The first kappa shape index (κ1) is 19.5. The van der Waals surface area contributed by atoms with Gasteiger partial charge in [0.2, 0.25) is 11.6 Å². The van der Waals surface area contributed by atoms with E-state index in [4.69, 9.17) is 13.9 Å². The standard InChI is InChI=1S/C20H23N3O5/c1-6-15(18(24)22-14-9-13(26-4)7-8-16(14)27-5)23-10-21-19-17(20(23)25)11(2)12(3)28-19/h7-10,15H,6H2,1-5H3,(H,22,24). The number of nitrogens with zero attached hydrogens (tertiary/aromatic N) is 2. The fourth-order valence-electron chi connectivity index (χ4n) is 3.11. The van der Waals surface area contributed by atoms with Gasteiger partial charge in [0.1, 0.15) is 35.0 Å². The van der Waals surface area contributed by atoms with Crippen LogP contribution in [0.5, 0.6) is 11.5 Å². The Labute approximate surface area is 162 Å². The molecule has 28 heavy (non-hydrogen) atoms. The maximum atomic E-state index is 13.0. The molecule has 1 atom stereocenters. The predicted molar refractivity (Wildman–Crippen MR) is 105 cm³/mol. The highest BCUT2D eigenvalue weighted by Gasteiger charge is 2.24. The Hall–Kier alpha value is -3.29. The molecule has 2 heterocycles. The fourth-order valence-corrected chi connectivity index (χ4v) is 3.11. The van der Waals surface area contributed by atoms with Crippen LogP contribution in [0.1, 0.15) is 30.7 Å². The molecule has 1 N–H and O–H groups in total. The number of hydrogen-bond acceptors (Lipinski definition) is 6. The molecule has 2 aromatic heterocycles. The number of rotatable bonds is 6. The third-order valence-electron chi connectivity index (χ3n) is 4.80. The van der Waals surface area contributed by atoms with Crippen LogP contribution in [-0.4, -0.2) is 29.7 Å². The highest BCUT2D eigenvalue weighted by atomic mass is 16.5. The van der Waals surface area contributed by atoms with Gasteiger partial charge in [-0.15, -0.1) is 0 Å². The SMILES string of the molecule is CCC(C(=O)Nc1cc(OC)ccc1OC)n1cnc2oc(C)c(C)c2c1=O. The van der Waals surface area contributed by atoms with Crippen LogP contribution in [0.25, 0.3) is 11.1 Å². The molecule has 8 nitrogen and oxygen atoms in total. The van der Waals surface area contributed by atoms with Crippen molar-refractivity contribution >= 4 is 22.7 Å². The number of ether oxygens (including phenoxy) is 2. The molecule has 0 spiro atoms. The monoisotopic (exact) mass is 385 g/mol. The molecule has 0 radical (unpaired) electrons. The van der Waals surface area contributed by atoms with E-state index in [2.05, 4.69) is 10.3 Å². The molecule has 1 aromatic carbocycles. The summed E-state index contributed by atoms with van der Waals surface area (Å²) in [6.07, 6.45) is 1.75. The Morgan fingerprint density at radius 2 is 2.04 bits per heavy atom. The van der Waals surface area contributed by atoms with E-state index in [0.29, 0.717) is 34.8 Å². The molecule has 1 unspecified atom stereocenters. The summed E-state index contributed by atoms with van der Waals surface area (Å²) in [4.78, 5) is 30.2. The summed E-state index contributed by atoms with van der Waals surface area (Å²) in [7, 11) is 3.05. The lowest BCUT2D eigenvalue weighted by Gasteiger charge is -2.19. The molecule has 8 heteroatoms. The minimum absolute atomic E-state index is 0.279. The number of carbonyl (C=O) groups excluding carboxylic acids is 1. The molecule has 1 amide bonds. The summed E-state index contributed by atoms with van der Waals surface area (Å²) < 4.78 is 17.4. The number of benzene rings is 1. The summed E-state index contributed by atoms with van der Waals surface area (Å²) in [5, 5.41) is 3.22. The minimum atomic E-state index is -0.741. The number of fused-ring (bicyclic) bond motifs is 1. The number of methoxy groups -OCH3 is 2. The lowest BCUT2D eigenvalue weighted by Crippen LogP contribution is -2.33. The molecule has 0 aliphatic carbocycles. The van der Waals surface area contributed by atoms with Gasteiger partial charge in [0, 0.05) is 11.6 Å². The van der Waals surface area contributed by atoms with Crippen LogP contribution in [0.15, 0.2) is 33.7 Å². The summed E-state index contributed by atoms with van der Waals surface area (Å²) in [5.41, 5.74) is 1.16. The van der Waals surface area contributed by atoms with Crippen molar-refractivity contribution in [2.45, 2.75) is 33.2 Å². The van der Waals surface area contributed by atoms with Gasteiger partial charge in [-0.05, 0) is 32.4 Å². The zero-order chi connectivity index (χ0) is 20.4. The maximum Gasteiger partial charge on any atom is 0.265 e. The van der Waals surface area contributed by atoms with Crippen LogP contribution in [0, 0.1) is 13.8 Å². The van der Waals surface area contributed by atoms with E-state index in [1.165, 1.54) is 25.1 Å². The smallest absolute Gasteiger partial charge is 0.265 e. The highest BCUT2D eigenvalue weighted by Crippen LogP contribution is 2.30. The Balaban J connectivity index is 1.99. The first-order chi connectivity index (χ1) is 13.4. The van der Waals surface area contributed by atoms with Gasteiger partial charge in [0.05, 0.1) is 19.9 Å². The second kappa shape index (κ2) is 7.75. The average molecular weight is 385 g/mol. The van der Waals surface area contributed by atoms with E-state index >= 15 is 0 Å². The van der Waals surface area contributed by atoms with Crippen LogP contribution in [0.2, 0.25) is 0 Å². The molecule has 0 aliphatic heterocycles. The number of anilines is 1. The summed E-state index contributed by atoms with van der Waals surface area (Å²) in [6, 6.07) is 4.36. The van der Waals surface area contributed by atoms with Crippen LogP contribution in [-0.2, 0) is 4.79 Å². The van der Waals surface area contributed by atoms with Crippen molar-refractivity contribution in [3.8, 4) is 11.5 Å². The van der Waals surface area contributed by atoms with Gasteiger partial charge in [-0.3, -0.25) is 14.2 Å². The molecule has 0 bridgehead atoms. The van der Waals surface area contributed by atoms with Gasteiger partial charge in [-0.25, -0.2) is 4.98 Å². The zero-order valence-electron chi connectivity index (χ0n) is 16.5. The summed E-state index contributed by atoms with van der Waals surface area (Å²) >= 11 is 0. The van der Waals surface area contributed by atoms with Crippen molar-refractivity contribution in [3.05, 3.63) is 46.2 Å². The molecule has 0 saturated carbocycles. The second-order valence-electron chi connectivity index (χ2n) is 6.40. The van der Waals surface area contributed by atoms with E-state index in [1.54, 1.807) is 32.0 Å². The Kier molecular flexibility index (Phi) is 5.39.